The summed E-state index contributed by atoms with van der Waals surface area (Å²) in [5, 5.41) is 24.4. The standard InChI is InChI=1S/C19H25N5O4/c1-13-21-23-17(24-22-13)11-14-7-9-15(10-8-14)12-28-18(25)6-4-2-3-5-16(20)19(26)27/h7-10,16H,2-6,11-12,20H2,1H3,(H,26,27)/t16-/m0/s1. The number of carboxylic acids is 1. The molecule has 9 heteroatoms. The SMILES string of the molecule is Cc1nnc(Cc2ccc(COC(=O)CCCCC[C@H](N)C(=O)O)cc2)nn1. The average molecular weight is 387 g/mol. The summed E-state index contributed by atoms with van der Waals surface area (Å²) in [6.07, 6.45) is 3.34. The molecule has 0 saturated heterocycles. The van der Waals surface area contributed by atoms with Gasteiger partial charge in [-0.25, -0.2) is 0 Å². The molecule has 0 spiro atoms. The van der Waals surface area contributed by atoms with Crippen LogP contribution in [0, 0.1) is 6.92 Å². The number of hydrogen-bond donors (Lipinski definition) is 2. The molecule has 0 aliphatic heterocycles. The van der Waals surface area contributed by atoms with Crippen LogP contribution in [0.5, 0.6) is 0 Å². The lowest BCUT2D eigenvalue weighted by atomic mass is 10.1. The fourth-order valence-corrected chi connectivity index (χ4v) is 2.48. The molecule has 1 heterocycles. The zero-order valence-corrected chi connectivity index (χ0v) is 15.9. The summed E-state index contributed by atoms with van der Waals surface area (Å²) in [4.78, 5) is 22.4. The van der Waals surface area contributed by atoms with E-state index in [9.17, 15) is 9.59 Å². The molecule has 3 N–H and O–H groups in total. The molecule has 0 saturated carbocycles. The number of aliphatic carboxylic acids is 1. The predicted octanol–water partition coefficient (Wildman–Crippen LogP) is 1.57. The second kappa shape index (κ2) is 11.0. The summed E-state index contributed by atoms with van der Waals surface area (Å²) in [6, 6.07) is 6.81. The smallest absolute Gasteiger partial charge is 0.320 e. The minimum Gasteiger partial charge on any atom is -0.480 e. The van der Waals surface area contributed by atoms with Crippen molar-refractivity contribution in [3.8, 4) is 0 Å². The van der Waals surface area contributed by atoms with E-state index in [2.05, 4.69) is 20.4 Å². The summed E-state index contributed by atoms with van der Waals surface area (Å²) >= 11 is 0. The maximum absolute atomic E-state index is 11.8. The first-order valence-electron chi connectivity index (χ1n) is 9.18. The summed E-state index contributed by atoms with van der Waals surface area (Å²) in [5.74, 6) is -0.180. The minimum atomic E-state index is -0.995. The summed E-state index contributed by atoms with van der Waals surface area (Å²) in [5.41, 5.74) is 7.34. The molecular formula is C19H25N5O4. The normalized spacial score (nSPS) is 11.8. The maximum Gasteiger partial charge on any atom is 0.320 e. The first kappa shape index (κ1) is 21.4. The van der Waals surface area contributed by atoms with Gasteiger partial charge < -0.3 is 15.6 Å². The molecule has 9 nitrogen and oxygen atoms in total. The van der Waals surface area contributed by atoms with Crippen molar-refractivity contribution >= 4 is 11.9 Å². The van der Waals surface area contributed by atoms with Gasteiger partial charge in [0.15, 0.2) is 11.6 Å². The Morgan fingerprint density at radius 2 is 1.68 bits per heavy atom. The second-order valence-electron chi connectivity index (χ2n) is 6.56. The molecule has 0 bridgehead atoms. The number of nitrogens with zero attached hydrogens (tertiary/aromatic N) is 4. The molecule has 28 heavy (non-hydrogen) atoms. The molecule has 150 valence electrons. The van der Waals surface area contributed by atoms with E-state index in [1.807, 2.05) is 24.3 Å². The van der Waals surface area contributed by atoms with Crippen LogP contribution in [0.2, 0.25) is 0 Å². The van der Waals surface area contributed by atoms with E-state index in [0.29, 0.717) is 43.8 Å². The lowest BCUT2D eigenvalue weighted by Crippen LogP contribution is -2.29. The molecule has 0 unspecified atom stereocenters. The first-order valence-corrected chi connectivity index (χ1v) is 9.18. The molecule has 0 radical (unpaired) electrons. The Labute approximate surface area is 163 Å². The van der Waals surface area contributed by atoms with E-state index in [4.69, 9.17) is 15.6 Å². The van der Waals surface area contributed by atoms with E-state index < -0.39 is 12.0 Å². The third-order valence-corrected chi connectivity index (χ3v) is 4.12. The van der Waals surface area contributed by atoms with Gasteiger partial charge in [0.25, 0.3) is 0 Å². The minimum absolute atomic E-state index is 0.215. The van der Waals surface area contributed by atoms with Crippen LogP contribution in [0.25, 0.3) is 0 Å². The lowest BCUT2D eigenvalue weighted by molar-refractivity contribution is -0.145. The van der Waals surface area contributed by atoms with Crippen LogP contribution in [-0.4, -0.2) is 43.5 Å². The topological polar surface area (TPSA) is 141 Å². The monoisotopic (exact) mass is 387 g/mol. The van der Waals surface area contributed by atoms with Gasteiger partial charge >= 0.3 is 11.9 Å². The molecule has 0 aliphatic carbocycles. The molecule has 0 fully saturated rings. The van der Waals surface area contributed by atoms with Crippen LogP contribution in [0.1, 0.15) is 54.9 Å². The summed E-state index contributed by atoms with van der Waals surface area (Å²) < 4.78 is 5.26. The number of hydrogen-bond acceptors (Lipinski definition) is 8. The Morgan fingerprint density at radius 1 is 1.04 bits per heavy atom. The third kappa shape index (κ3) is 7.75. The van der Waals surface area contributed by atoms with Crippen molar-refractivity contribution in [3.05, 3.63) is 47.0 Å². The number of carbonyl (C=O) groups is 2. The van der Waals surface area contributed by atoms with E-state index in [0.717, 1.165) is 17.5 Å². The van der Waals surface area contributed by atoms with Crippen molar-refractivity contribution < 1.29 is 19.4 Å². The van der Waals surface area contributed by atoms with Gasteiger partial charge in [0, 0.05) is 12.8 Å². The fourth-order valence-electron chi connectivity index (χ4n) is 2.48. The van der Waals surface area contributed by atoms with Gasteiger partial charge in [-0.05, 0) is 30.9 Å². The van der Waals surface area contributed by atoms with Crippen LogP contribution in [0.15, 0.2) is 24.3 Å². The number of rotatable bonds is 11. The molecule has 2 rings (SSSR count). The first-order chi connectivity index (χ1) is 13.4. The van der Waals surface area contributed by atoms with Crippen LogP contribution in [-0.2, 0) is 27.4 Å². The van der Waals surface area contributed by atoms with Crippen LogP contribution >= 0.6 is 0 Å². The Balaban J connectivity index is 1.65. The molecule has 1 aromatic heterocycles. The van der Waals surface area contributed by atoms with Crippen molar-refractivity contribution in [2.24, 2.45) is 5.73 Å². The van der Waals surface area contributed by atoms with Gasteiger partial charge in [-0.2, -0.15) is 0 Å². The molecule has 1 aromatic carbocycles. The highest BCUT2D eigenvalue weighted by Crippen LogP contribution is 2.10. The fraction of sp³-hybridized carbons (Fsp3) is 0.474. The molecule has 2 aromatic rings. The van der Waals surface area contributed by atoms with Gasteiger partial charge in [0.05, 0.1) is 0 Å². The highest BCUT2D eigenvalue weighted by atomic mass is 16.5. The molecule has 1 atom stereocenters. The number of unbranched alkanes of at least 4 members (excludes halogenated alkanes) is 2. The molecule has 0 aliphatic rings. The lowest BCUT2D eigenvalue weighted by Gasteiger charge is -2.07. The summed E-state index contributed by atoms with van der Waals surface area (Å²) in [7, 11) is 0. The average Bonchev–Trinajstić information content (AvgIpc) is 2.68. The predicted molar refractivity (Wildman–Crippen MR) is 100 cm³/mol. The number of carbonyl (C=O) groups excluding carboxylic acids is 1. The Hall–Kier alpha value is -2.94. The number of nitrogens with two attached hydrogens (primary N) is 1. The van der Waals surface area contributed by atoms with E-state index in [-0.39, 0.29) is 12.6 Å². The zero-order chi connectivity index (χ0) is 20.4. The third-order valence-electron chi connectivity index (χ3n) is 4.12. The quantitative estimate of drug-likeness (QED) is 0.434. The van der Waals surface area contributed by atoms with E-state index >= 15 is 0 Å². The van der Waals surface area contributed by atoms with Crippen molar-refractivity contribution in [3.63, 3.8) is 0 Å². The van der Waals surface area contributed by atoms with Gasteiger partial charge in [-0.15, -0.1) is 20.4 Å². The van der Waals surface area contributed by atoms with E-state index in [1.165, 1.54) is 0 Å². The second-order valence-corrected chi connectivity index (χ2v) is 6.56. The van der Waals surface area contributed by atoms with E-state index in [1.54, 1.807) is 6.92 Å². The number of aryl methyl sites for hydroxylation is 1. The largest absolute Gasteiger partial charge is 0.480 e. The number of ether oxygens (including phenoxy) is 1. The van der Waals surface area contributed by atoms with Crippen molar-refractivity contribution in [1.82, 2.24) is 20.4 Å². The Morgan fingerprint density at radius 3 is 2.32 bits per heavy atom. The van der Waals surface area contributed by atoms with Crippen molar-refractivity contribution in [1.29, 1.82) is 0 Å². The van der Waals surface area contributed by atoms with Crippen molar-refractivity contribution in [2.75, 3.05) is 0 Å². The highest BCUT2D eigenvalue weighted by Gasteiger charge is 2.10. The highest BCUT2D eigenvalue weighted by molar-refractivity contribution is 5.73. The van der Waals surface area contributed by atoms with Gasteiger partial charge in [0.1, 0.15) is 12.6 Å². The Kier molecular flexibility index (Phi) is 8.41. The van der Waals surface area contributed by atoms with Crippen LogP contribution < -0.4 is 5.73 Å². The van der Waals surface area contributed by atoms with Crippen molar-refractivity contribution in [2.45, 2.75) is 58.1 Å². The van der Waals surface area contributed by atoms with Crippen LogP contribution in [0.3, 0.4) is 0 Å². The van der Waals surface area contributed by atoms with Gasteiger partial charge in [-0.1, -0.05) is 37.1 Å². The number of aromatic nitrogens is 4. The number of esters is 1. The zero-order valence-electron chi connectivity index (χ0n) is 15.9. The number of carboxylic acid groups (broad SMARTS) is 1. The molecular weight excluding hydrogens is 362 g/mol. The van der Waals surface area contributed by atoms with Gasteiger partial charge in [0.2, 0.25) is 0 Å². The van der Waals surface area contributed by atoms with Gasteiger partial charge in [-0.3, -0.25) is 9.59 Å². The molecule has 0 amide bonds. The summed E-state index contributed by atoms with van der Waals surface area (Å²) in [6.45, 7) is 1.95. The van der Waals surface area contributed by atoms with Crippen LogP contribution in [0.4, 0.5) is 0 Å². The Bertz CT molecular complexity index is 765. The maximum atomic E-state index is 11.8. The number of benzene rings is 1.